The second-order valence-corrected chi connectivity index (χ2v) is 4.78. The van der Waals surface area contributed by atoms with Crippen LogP contribution in [0.5, 0.6) is 0 Å². The molecule has 0 aliphatic heterocycles. The second-order valence-electron chi connectivity index (χ2n) is 3.61. The van der Waals surface area contributed by atoms with Gasteiger partial charge in [0.1, 0.15) is 0 Å². The lowest BCUT2D eigenvalue weighted by Crippen LogP contribution is -2.24. The summed E-state index contributed by atoms with van der Waals surface area (Å²) in [5.74, 6) is 0.253. The van der Waals surface area contributed by atoms with Gasteiger partial charge in [0.25, 0.3) is 0 Å². The van der Waals surface area contributed by atoms with Crippen LogP contribution in [-0.4, -0.2) is 41.9 Å². The van der Waals surface area contributed by atoms with Gasteiger partial charge in [-0.25, -0.2) is 0 Å². The van der Waals surface area contributed by atoms with Crippen LogP contribution in [-0.2, 0) is 4.79 Å². The molecule has 0 heterocycles. The lowest BCUT2D eigenvalue weighted by atomic mass is 10.4. The third-order valence-corrected chi connectivity index (χ3v) is 3.18. The molecule has 88 valence electrons. The molecule has 4 heteroatoms. The summed E-state index contributed by atoms with van der Waals surface area (Å²) in [6.45, 7) is 1.53. The van der Waals surface area contributed by atoms with Crippen LogP contribution in [0.3, 0.4) is 0 Å². The van der Waals surface area contributed by atoms with Crippen molar-refractivity contribution >= 4 is 17.7 Å². The molecule has 0 aliphatic rings. The molecule has 0 saturated heterocycles. The first kappa shape index (κ1) is 13.1. The molecular weight excluding hydrogens is 222 g/mol. The van der Waals surface area contributed by atoms with Gasteiger partial charge in [0.05, 0.1) is 6.42 Å². The Balaban J connectivity index is 2.13. The zero-order chi connectivity index (χ0) is 11.8. The molecular formula is C12H17NO2S. The van der Waals surface area contributed by atoms with Gasteiger partial charge in [-0.15, -0.1) is 11.8 Å². The van der Waals surface area contributed by atoms with Gasteiger partial charge in [0.15, 0.2) is 0 Å². The van der Waals surface area contributed by atoms with E-state index in [2.05, 4.69) is 12.1 Å². The number of rotatable bonds is 7. The van der Waals surface area contributed by atoms with E-state index in [1.54, 1.807) is 11.8 Å². The van der Waals surface area contributed by atoms with E-state index in [1.165, 1.54) is 4.90 Å². The minimum atomic E-state index is -0.734. The average molecular weight is 239 g/mol. The van der Waals surface area contributed by atoms with Crippen molar-refractivity contribution in [3.8, 4) is 0 Å². The van der Waals surface area contributed by atoms with Crippen molar-refractivity contribution in [2.24, 2.45) is 0 Å². The van der Waals surface area contributed by atoms with Gasteiger partial charge in [0, 0.05) is 23.7 Å². The molecule has 0 saturated carbocycles. The topological polar surface area (TPSA) is 40.5 Å². The normalized spacial score (nSPS) is 10.6. The van der Waals surface area contributed by atoms with E-state index in [9.17, 15) is 4.79 Å². The monoisotopic (exact) mass is 239 g/mol. The van der Waals surface area contributed by atoms with Crippen LogP contribution in [0.25, 0.3) is 0 Å². The molecule has 0 aliphatic carbocycles. The smallest absolute Gasteiger partial charge is 0.304 e. The van der Waals surface area contributed by atoms with E-state index >= 15 is 0 Å². The van der Waals surface area contributed by atoms with Crippen molar-refractivity contribution in [3.05, 3.63) is 30.3 Å². The van der Waals surface area contributed by atoms with Crippen LogP contribution in [0, 0.1) is 0 Å². The van der Waals surface area contributed by atoms with Crippen LogP contribution in [0.15, 0.2) is 35.2 Å². The Hall–Kier alpha value is -1.00. The van der Waals surface area contributed by atoms with Gasteiger partial charge in [-0.1, -0.05) is 18.2 Å². The summed E-state index contributed by atoms with van der Waals surface area (Å²) < 4.78 is 0. The maximum atomic E-state index is 10.4. The average Bonchev–Trinajstić information content (AvgIpc) is 2.28. The second kappa shape index (κ2) is 7.30. The molecule has 1 aromatic carbocycles. The highest BCUT2D eigenvalue weighted by molar-refractivity contribution is 7.99. The Kier molecular flexibility index (Phi) is 5.96. The highest BCUT2D eigenvalue weighted by Gasteiger charge is 2.02. The summed E-state index contributed by atoms with van der Waals surface area (Å²) in [6, 6.07) is 10.2. The van der Waals surface area contributed by atoms with Crippen LogP contribution in [0.1, 0.15) is 6.42 Å². The summed E-state index contributed by atoms with van der Waals surface area (Å²) in [4.78, 5) is 13.7. The number of hydrogen-bond acceptors (Lipinski definition) is 3. The number of nitrogens with zero attached hydrogens (tertiary/aromatic N) is 1. The van der Waals surface area contributed by atoms with E-state index in [-0.39, 0.29) is 6.42 Å². The number of carbonyl (C=O) groups is 1. The lowest BCUT2D eigenvalue weighted by molar-refractivity contribution is -0.137. The summed E-state index contributed by atoms with van der Waals surface area (Å²) in [5.41, 5.74) is 0. The molecule has 0 radical (unpaired) electrons. The molecule has 1 aromatic rings. The van der Waals surface area contributed by atoms with Gasteiger partial charge < -0.3 is 10.0 Å². The zero-order valence-electron chi connectivity index (χ0n) is 9.43. The molecule has 1 rings (SSSR count). The van der Waals surface area contributed by atoms with Crippen molar-refractivity contribution in [2.45, 2.75) is 11.3 Å². The minimum Gasteiger partial charge on any atom is -0.481 e. The SMILES string of the molecule is CN(CCSc1ccccc1)CCC(=O)O. The predicted molar refractivity (Wildman–Crippen MR) is 66.9 cm³/mol. The van der Waals surface area contributed by atoms with Crippen molar-refractivity contribution in [2.75, 3.05) is 25.9 Å². The Bertz CT molecular complexity index is 316. The summed E-state index contributed by atoms with van der Waals surface area (Å²) in [5, 5.41) is 8.53. The van der Waals surface area contributed by atoms with E-state index < -0.39 is 5.97 Å². The molecule has 0 spiro atoms. The van der Waals surface area contributed by atoms with Crippen molar-refractivity contribution < 1.29 is 9.90 Å². The van der Waals surface area contributed by atoms with Gasteiger partial charge in [-0.3, -0.25) is 4.79 Å². The third kappa shape index (κ3) is 5.78. The van der Waals surface area contributed by atoms with Gasteiger partial charge in [-0.2, -0.15) is 0 Å². The summed E-state index contributed by atoms with van der Waals surface area (Å²) in [6.07, 6.45) is 0.215. The van der Waals surface area contributed by atoms with Gasteiger partial charge in [-0.05, 0) is 19.2 Å². The maximum Gasteiger partial charge on any atom is 0.304 e. The maximum absolute atomic E-state index is 10.4. The third-order valence-electron chi connectivity index (χ3n) is 2.19. The number of aliphatic carboxylic acids is 1. The predicted octanol–water partition coefficient (Wildman–Crippen LogP) is 2.19. The number of benzene rings is 1. The van der Waals surface area contributed by atoms with E-state index in [1.807, 2.05) is 30.1 Å². The molecule has 16 heavy (non-hydrogen) atoms. The standard InChI is InChI=1S/C12H17NO2S/c1-13(8-7-12(14)15)9-10-16-11-5-3-2-4-6-11/h2-6H,7-10H2,1H3,(H,14,15). The number of carboxylic acids is 1. The fourth-order valence-corrected chi connectivity index (χ4v) is 2.22. The highest BCUT2D eigenvalue weighted by Crippen LogP contribution is 2.16. The molecule has 3 nitrogen and oxygen atoms in total. The molecule has 0 amide bonds. The van der Waals surface area contributed by atoms with E-state index in [0.717, 1.165) is 12.3 Å². The quantitative estimate of drug-likeness (QED) is 0.740. The first-order valence-electron chi connectivity index (χ1n) is 5.26. The largest absolute Gasteiger partial charge is 0.481 e. The zero-order valence-corrected chi connectivity index (χ0v) is 10.2. The summed E-state index contributed by atoms with van der Waals surface area (Å²) >= 11 is 1.79. The van der Waals surface area contributed by atoms with E-state index in [0.29, 0.717) is 6.54 Å². The number of carboxylic acid groups (broad SMARTS) is 1. The Labute approximate surface area is 100 Å². The fourth-order valence-electron chi connectivity index (χ4n) is 1.23. The van der Waals surface area contributed by atoms with Crippen LogP contribution in [0.2, 0.25) is 0 Å². The van der Waals surface area contributed by atoms with Crippen LogP contribution in [0.4, 0.5) is 0 Å². The molecule has 0 aromatic heterocycles. The number of hydrogen-bond donors (Lipinski definition) is 1. The van der Waals surface area contributed by atoms with Crippen LogP contribution < -0.4 is 0 Å². The van der Waals surface area contributed by atoms with Gasteiger partial charge in [0.2, 0.25) is 0 Å². The van der Waals surface area contributed by atoms with E-state index in [4.69, 9.17) is 5.11 Å². The van der Waals surface area contributed by atoms with Gasteiger partial charge >= 0.3 is 5.97 Å². The molecule has 0 bridgehead atoms. The Morgan fingerprint density at radius 2 is 2.00 bits per heavy atom. The first-order valence-corrected chi connectivity index (χ1v) is 6.25. The Morgan fingerprint density at radius 3 is 2.62 bits per heavy atom. The number of thioether (sulfide) groups is 1. The van der Waals surface area contributed by atoms with Crippen molar-refractivity contribution in [1.29, 1.82) is 0 Å². The lowest BCUT2D eigenvalue weighted by Gasteiger charge is -2.14. The molecule has 0 fully saturated rings. The van der Waals surface area contributed by atoms with Crippen molar-refractivity contribution in [1.82, 2.24) is 4.90 Å². The molecule has 0 atom stereocenters. The molecule has 0 unspecified atom stereocenters. The minimum absolute atomic E-state index is 0.215. The fraction of sp³-hybridized carbons (Fsp3) is 0.417. The van der Waals surface area contributed by atoms with Crippen LogP contribution >= 0.6 is 11.8 Å². The Morgan fingerprint density at radius 1 is 1.31 bits per heavy atom. The highest BCUT2D eigenvalue weighted by atomic mass is 32.2. The summed E-state index contributed by atoms with van der Waals surface area (Å²) in [7, 11) is 1.95. The molecule has 1 N–H and O–H groups in total. The first-order chi connectivity index (χ1) is 7.68. The van der Waals surface area contributed by atoms with Crippen molar-refractivity contribution in [3.63, 3.8) is 0 Å².